The second-order valence-electron chi connectivity index (χ2n) is 4.85. The second kappa shape index (κ2) is 5.40. The molecule has 5 nitrogen and oxygen atoms in total. The number of pyridine rings is 1. The Bertz CT molecular complexity index is 572. The third kappa shape index (κ3) is 2.41. The van der Waals surface area contributed by atoms with Crippen molar-refractivity contribution in [2.75, 3.05) is 6.54 Å². The van der Waals surface area contributed by atoms with Gasteiger partial charge in [0.25, 0.3) is 0 Å². The second-order valence-corrected chi connectivity index (χ2v) is 4.85. The number of nitrogens with one attached hydrogen (secondary N) is 1. The average Bonchev–Trinajstić information content (AvgIpc) is 2.97. The van der Waals surface area contributed by atoms with Gasteiger partial charge in [0.05, 0.1) is 17.9 Å². The molecule has 0 bridgehead atoms. The van der Waals surface area contributed by atoms with E-state index in [1.807, 2.05) is 6.08 Å². The lowest BCUT2D eigenvalue weighted by molar-refractivity contribution is 0.167. The van der Waals surface area contributed by atoms with E-state index in [4.69, 9.17) is 10.3 Å². The summed E-state index contributed by atoms with van der Waals surface area (Å²) in [6.07, 6.45) is 9.65. The molecule has 0 aliphatic carbocycles. The van der Waals surface area contributed by atoms with Gasteiger partial charge in [0, 0.05) is 12.7 Å². The van der Waals surface area contributed by atoms with Gasteiger partial charge in [0.1, 0.15) is 12.1 Å². The molecular weight excluding hydrogens is 259 g/mol. The van der Waals surface area contributed by atoms with E-state index in [9.17, 15) is 4.39 Å². The van der Waals surface area contributed by atoms with Crippen LogP contribution in [0.2, 0.25) is 0 Å². The molecule has 0 radical (unpaired) electrons. The molecule has 0 saturated carbocycles. The lowest BCUT2D eigenvalue weighted by Gasteiger charge is -2.29. The summed E-state index contributed by atoms with van der Waals surface area (Å²) in [5.74, 6) is -0.313. The Morgan fingerprint density at radius 1 is 1.45 bits per heavy atom. The number of ether oxygens (including phenoxy) is 1. The molecule has 0 amide bonds. The van der Waals surface area contributed by atoms with E-state index in [0.29, 0.717) is 0 Å². The van der Waals surface area contributed by atoms with Gasteiger partial charge in [-0.3, -0.25) is 4.98 Å². The van der Waals surface area contributed by atoms with Crippen molar-refractivity contribution in [3.63, 3.8) is 0 Å². The van der Waals surface area contributed by atoms with E-state index < -0.39 is 6.23 Å². The van der Waals surface area contributed by atoms with Crippen molar-refractivity contribution < 1.29 is 9.13 Å². The van der Waals surface area contributed by atoms with Crippen LogP contribution in [0.25, 0.3) is 0 Å². The van der Waals surface area contributed by atoms with Crippen molar-refractivity contribution in [3.8, 4) is 0 Å². The fraction of sp³-hybridized carbons (Fsp3) is 0.357. The fourth-order valence-corrected chi connectivity index (χ4v) is 2.67. The summed E-state index contributed by atoms with van der Waals surface area (Å²) in [6.45, 7) is 0.892. The van der Waals surface area contributed by atoms with E-state index in [0.717, 1.165) is 30.6 Å². The van der Waals surface area contributed by atoms with Crippen LogP contribution in [0.5, 0.6) is 0 Å². The molecule has 0 spiro atoms. The average molecular weight is 274 g/mol. The molecule has 1 saturated heterocycles. The molecule has 3 rings (SSSR count). The molecule has 0 aromatic carbocycles. The van der Waals surface area contributed by atoms with Crippen LogP contribution in [-0.4, -0.2) is 22.7 Å². The third-order valence-electron chi connectivity index (χ3n) is 3.58. The van der Waals surface area contributed by atoms with Crippen molar-refractivity contribution >= 4 is 0 Å². The van der Waals surface area contributed by atoms with Crippen molar-refractivity contribution in [2.45, 2.75) is 25.1 Å². The Labute approximate surface area is 116 Å². The Balaban J connectivity index is 1.81. The Morgan fingerprint density at radius 3 is 3.05 bits per heavy atom. The van der Waals surface area contributed by atoms with E-state index in [1.54, 1.807) is 18.5 Å². The molecule has 6 heteroatoms. The first-order valence-electron chi connectivity index (χ1n) is 6.55. The van der Waals surface area contributed by atoms with Crippen molar-refractivity contribution in [1.82, 2.24) is 9.88 Å². The summed E-state index contributed by atoms with van der Waals surface area (Å²) >= 11 is 0. The maximum absolute atomic E-state index is 13.3. The van der Waals surface area contributed by atoms with Crippen LogP contribution in [0.1, 0.15) is 24.4 Å². The zero-order valence-electron chi connectivity index (χ0n) is 10.9. The van der Waals surface area contributed by atoms with Crippen LogP contribution in [0.4, 0.5) is 4.39 Å². The molecule has 3 heterocycles. The molecule has 1 aromatic heterocycles. The first kappa shape index (κ1) is 12.8. The van der Waals surface area contributed by atoms with Crippen molar-refractivity contribution in [2.24, 2.45) is 5.11 Å². The standard InChI is InChI=1S/C14H15FN4O/c15-11-6-10(7-17-8-11)13-2-1-5-19(13)12-3-4-14(18-16)20-9-12/h3-4,6-9,13-14,16H,1-2,5H2. The number of hydrogen-bond donors (Lipinski definition) is 1. The predicted molar refractivity (Wildman–Crippen MR) is 70.1 cm³/mol. The molecule has 1 fully saturated rings. The number of hydrogen-bond acceptors (Lipinski definition) is 5. The number of halogens is 1. The van der Waals surface area contributed by atoms with Crippen LogP contribution in [0.3, 0.4) is 0 Å². The fourth-order valence-electron chi connectivity index (χ4n) is 2.67. The van der Waals surface area contributed by atoms with E-state index in [2.05, 4.69) is 15.0 Å². The topological polar surface area (TPSA) is 61.6 Å². The molecule has 2 aliphatic heterocycles. The van der Waals surface area contributed by atoms with Gasteiger partial charge in [-0.05, 0) is 36.6 Å². The summed E-state index contributed by atoms with van der Waals surface area (Å²) in [6, 6.07) is 1.65. The zero-order valence-corrected chi connectivity index (χ0v) is 10.9. The SMILES string of the molecule is N=NC1C=CC(N2CCCC2c2cncc(F)c2)=CO1. The number of aromatic nitrogens is 1. The number of likely N-dealkylation sites (tertiary alicyclic amines) is 1. The van der Waals surface area contributed by atoms with Gasteiger partial charge in [0.2, 0.25) is 6.23 Å². The third-order valence-corrected chi connectivity index (χ3v) is 3.58. The van der Waals surface area contributed by atoms with Crippen LogP contribution in [-0.2, 0) is 4.74 Å². The predicted octanol–water partition coefficient (Wildman–Crippen LogP) is 3.14. The highest BCUT2D eigenvalue weighted by Crippen LogP contribution is 2.35. The maximum atomic E-state index is 13.3. The normalized spacial score (nSPS) is 25.2. The van der Waals surface area contributed by atoms with Gasteiger partial charge in [-0.25, -0.2) is 9.92 Å². The molecule has 1 aromatic rings. The van der Waals surface area contributed by atoms with Gasteiger partial charge in [-0.2, -0.15) is 0 Å². The summed E-state index contributed by atoms with van der Waals surface area (Å²) in [4.78, 5) is 6.10. The highest BCUT2D eigenvalue weighted by molar-refractivity contribution is 5.25. The van der Waals surface area contributed by atoms with Crippen LogP contribution in [0, 0.1) is 11.3 Å². The minimum absolute atomic E-state index is 0.113. The minimum atomic E-state index is -0.532. The molecular formula is C14H15FN4O. The Morgan fingerprint density at radius 2 is 2.35 bits per heavy atom. The molecule has 2 atom stereocenters. The quantitative estimate of drug-likeness (QED) is 0.861. The van der Waals surface area contributed by atoms with E-state index in [1.165, 1.54) is 12.3 Å². The highest BCUT2D eigenvalue weighted by atomic mass is 19.1. The summed E-state index contributed by atoms with van der Waals surface area (Å²) in [5.41, 5.74) is 8.73. The minimum Gasteiger partial charge on any atom is -0.469 e. The highest BCUT2D eigenvalue weighted by Gasteiger charge is 2.28. The van der Waals surface area contributed by atoms with Gasteiger partial charge >= 0.3 is 0 Å². The zero-order chi connectivity index (χ0) is 13.9. The van der Waals surface area contributed by atoms with Crippen LogP contribution < -0.4 is 0 Å². The van der Waals surface area contributed by atoms with Gasteiger partial charge < -0.3 is 9.64 Å². The smallest absolute Gasteiger partial charge is 0.226 e. The van der Waals surface area contributed by atoms with Crippen LogP contribution in [0.15, 0.2) is 47.7 Å². The lowest BCUT2D eigenvalue weighted by Crippen LogP contribution is -2.24. The molecule has 104 valence electrons. The number of rotatable bonds is 3. The lowest BCUT2D eigenvalue weighted by atomic mass is 10.1. The van der Waals surface area contributed by atoms with Gasteiger partial charge in [-0.1, -0.05) is 0 Å². The number of nitrogens with zero attached hydrogens (tertiary/aromatic N) is 3. The van der Waals surface area contributed by atoms with E-state index in [-0.39, 0.29) is 11.9 Å². The van der Waals surface area contributed by atoms with E-state index >= 15 is 0 Å². The first-order chi connectivity index (χ1) is 9.78. The largest absolute Gasteiger partial charge is 0.469 e. The van der Waals surface area contributed by atoms with Crippen molar-refractivity contribution in [3.05, 3.63) is 54.0 Å². The van der Waals surface area contributed by atoms with Crippen molar-refractivity contribution in [1.29, 1.82) is 5.53 Å². The van der Waals surface area contributed by atoms with Gasteiger partial charge in [-0.15, -0.1) is 5.11 Å². The molecule has 20 heavy (non-hydrogen) atoms. The monoisotopic (exact) mass is 274 g/mol. The summed E-state index contributed by atoms with van der Waals surface area (Å²) < 4.78 is 18.6. The first-order valence-corrected chi connectivity index (χ1v) is 6.55. The summed E-state index contributed by atoms with van der Waals surface area (Å²) in [5, 5.41) is 3.32. The molecule has 2 aliphatic rings. The molecule has 2 unspecified atom stereocenters. The summed E-state index contributed by atoms with van der Waals surface area (Å²) in [7, 11) is 0. The molecule has 1 N–H and O–H groups in total. The Hall–Kier alpha value is -2.24. The van der Waals surface area contributed by atoms with Gasteiger partial charge in [0.15, 0.2) is 0 Å². The maximum Gasteiger partial charge on any atom is 0.226 e. The van der Waals surface area contributed by atoms with Crippen LogP contribution >= 0.6 is 0 Å². The Kier molecular flexibility index (Phi) is 3.45. The number of allylic oxidation sites excluding steroid dienone is 1.